The van der Waals surface area contributed by atoms with Gasteiger partial charge in [0.15, 0.2) is 0 Å². The molecule has 2 heterocycles. The third-order valence-corrected chi connectivity index (χ3v) is 5.41. The average Bonchev–Trinajstić information content (AvgIpc) is 3.20. The number of aryl methyl sites for hydroxylation is 1. The Labute approximate surface area is 172 Å². The molecule has 0 aliphatic rings. The van der Waals surface area contributed by atoms with Gasteiger partial charge in [-0.15, -0.1) is 11.3 Å². The first-order chi connectivity index (χ1) is 14.1. The van der Waals surface area contributed by atoms with Gasteiger partial charge < -0.3 is 5.32 Å². The Bertz CT molecular complexity index is 1140. The second-order valence-electron chi connectivity index (χ2n) is 6.65. The first kappa shape index (κ1) is 19.0. The summed E-state index contributed by atoms with van der Waals surface area (Å²) < 4.78 is 13.1. The fraction of sp³-hybridized carbons (Fsp3) is 0.0870. The molecule has 0 aliphatic heterocycles. The lowest BCUT2D eigenvalue weighted by Crippen LogP contribution is -2.12. The van der Waals surface area contributed by atoms with E-state index in [0.717, 1.165) is 27.4 Å². The number of benzene rings is 2. The van der Waals surface area contributed by atoms with Gasteiger partial charge in [0.2, 0.25) is 0 Å². The molecular formula is C23H18FN3OS. The molecule has 1 N–H and O–H groups in total. The number of amides is 1. The summed E-state index contributed by atoms with van der Waals surface area (Å²) in [6.45, 7) is 2.04. The van der Waals surface area contributed by atoms with Crippen molar-refractivity contribution in [3.63, 3.8) is 0 Å². The van der Waals surface area contributed by atoms with Crippen LogP contribution in [-0.4, -0.2) is 15.9 Å². The molecule has 0 fully saturated rings. The summed E-state index contributed by atoms with van der Waals surface area (Å²) >= 11 is 1.60. The standard InChI is InChI=1S/C23H18FN3OS/c1-15-4-9-20(26-23(28)16-5-7-19(24)8-6-16)11-18(15)12-22-27-21(14-29-22)17-3-2-10-25-13-17/h2-11,13-14H,12H2,1H3,(H,26,28). The highest BCUT2D eigenvalue weighted by molar-refractivity contribution is 7.10. The Kier molecular flexibility index (Phi) is 5.44. The summed E-state index contributed by atoms with van der Waals surface area (Å²) in [5.41, 5.74) is 5.24. The maximum atomic E-state index is 13.1. The predicted octanol–water partition coefficient (Wildman–Crippen LogP) is 5.50. The maximum Gasteiger partial charge on any atom is 0.255 e. The van der Waals surface area contributed by atoms with Gasteiger partial charge >= 0.3 is 0 Å². The van der Waals surface area contributed by atoms with Gasteiger partial charge in [0.05, 0.1) is 10.7 Å². The largest absolute Gasteiger partial charge is 0.322 e. The van der Waals surface area contributed by atoms with E-state index in [1.165, 1.54) is 24.3 Å². The summed E-state index contributed by atoms with van der Waals surface area (Å²) in [6.07, 6.45) is 4.22. The number of anilines is 1. The minimum Gasteiger partial charge on any atom is -0.322 e. The molecule has 0 saturated heterocycles. The summed E-state index contributed by atoms with van der Waals surface area (Å²) in [6, 6.07) is 15.2. The minimum atomic E-state index is -0.367. The summed E-state index contributed by atoms with van der Waals surface area (Å²) in [4.78, 5) is 21.3. The zero-order valence-corrected chi connectivity index (χ0v) is 16.5. The van der Waals surface area contributed by atoms with Gasteiger partial charge in [0, 0.05) is 41.0 Å². The molecule has 0 spiro atoms. The van der Waals surface area contributed by atoms with E-state index >= 15 is 0 Å². The van der Waals surface area contributed by atoms with Crippen molar-refractivity contribution in [1.82, 2.24) is 9.97 Å². The molecule has 4 aromatic rings. The zero-order chi connectivity index (χ0) is 20.2. The van der Waals surface area contributed by atoms with Gasteiger partial charge in [-0.1, -0.05) is 6.07 Å². The summed E-state index contributed by atoms with van der Waals surface area (Å²) in [5, 5.41) is 5.90. The number of thiazole rings is 1. The predicted molar refractivity (Wildman–Crippen MR) is 114 cm³/mol. The molecule has 2 aromatic heterocycles. The van der Waals surface area contributed by atoms with Crippen LogP contribution in [0.25, 0.3) is 11.3 Å². The number of hydrogen-bond acceptors (Lipinski definition) is 4. The van der Waals surface area contributed by atoms with Crippen LogP contribution >= 0.6 is 11.3 Å². The molecule has 0 radical (unpaired) electrons. The van der Waals surface area contributed by atoms with Crippen molar-refractivity contribution in [2.24, 2.45) is 0 Å². The summed E-state index contributed by atoms with van der Waals surface area (Å²) in [5.74, 6) is -0.638. The summed E-state index contributed by atoms with van der Waals surface area (Å²) in [7, 11) is 0. The van der Waals surface area contributed by atoms with Crippen molar-refractivity contribution in [2.45, 2.75) is 13.3 Å². The van der Waals surface area contributed by atoms with E-state index in [9.17, 15) is 9.18 Å². The molecule has 0 aliphatic carbocycles. The van der Waals surface area contributed by atoms with E-state index in [1.807, 2.05) is 42.6 Å². The van der Waals surface area contributed by atoms with Crippen LogP contribution in [0.5, 0.6) is 0 Å². The Hall–Kier alpha value is -3.38. The van der Waals surface area contributed by atoms with E-state index in [1.54, 1.807) is 23.7 Å². The highest BCUT2D eigenvalue weighted by atomic mass is 32.1. The highest BCUT2D eigenvalue weighted by Crippen LogP contribution is 2.25. The van der Waals surface area contributed by atoms with Crippen LogP contribution < -0.4 is 5.32 Å². The van der Waals surface area contributed by atoms with Crippen molar-refractivity contribution in [3.8, 4) is 11.3 Å². The first-order valence-electron chi connectivity index (χ1n) is 9.10. The number of halogens is 1. The van der Waals surface area contributed by atoms with E-state index in [-0.39, 0.29) is 11.7 Å². The van der Waals surface area contributed by atoms with Gasteiger partial charge in [-0.2, -0.15) is 0 Å². The number of carbonyl (C=O) groups excluding carboxylic acids is 1. The monoisotopic (exact) mass is 403 g/mol. The van der Waals surface area contributed by atoms with E-state index in [0.29, 0.717) is 17.7 Å². The Morgan fingerprint density at radius 2 is 1.97 bits per heavy atom. The lowest BCUT2D eigenvalue weighted by Gasteiger charge is -2.10. The normalized spacial score (nSPS) is 10.7. The number of nitrogens with zero attached hydrogens (tertiary/aromatic N) is 2. The van der Waals surface area contributed by atoms with Crippen molar-refractivity contribution < 1.29 is 9.18 Å². The minimum absolute atomic E-state index is 0.270. The van der Waals surface area contributed by atoms with Crippen molar-refractivity contribution >= 4 is 22.9 Å². The van der Waals surface area contributed by atoms with Gasteiger partial charge in [-0.05, 0) is 66.6 Å². The molecule has 4 rings (SSSR count). The lowest BCUT2D eigenvalue weighted by molar-refractivity contribution is 0.102. The smallest absolute Gasteiger partial charge is 0.255 e. The SMILES string of the molecule is Cc1ccc(NC(=O)c2ccc(F)cc2)cc1Cc1nc(-c2cccnc2)cs1. The number of hydrogen-bond donors (Lipinski definition) is 1. The number of rotatable bonds is 5. The van der Waals surface area contributed by atoms with Gasteiger partial charge in [-0.3, -0.25) is 9.78 Å². The number of aromatic nitrogens is 2. The Balaban J connectivity index is 1.51. The third kappa shape index (κ3) is 4.55. The van der Waals surface area contributed by atoms with Crippen LogP contribution in [0, 0.1) is 12.7 Å². The van der Waals surface area contributed by atoms with Crippen LogP contribution in [0.4, 0.5) is 10.1 Å². The van der Waals surface area contributed by atoms with Crippen molar-refractivity contribution in [1.29, 1.82) is 0 Å². The maximum absolute atomic E-state index is 13.1. The molecule has 144 valence electrons. The second-order valence-corrected chi connectivity index (χ2v) is 7.59. The average molecular weight is 403 g/mol. The van der Waals surface area contributed by atoms with Crippen LogP contribution in [-0.2, 0) is 6.42 Å². The topological polar surface area (TPSA) is 54.9 Å². The molecule has 2 aromatic carbocycles. The third-order valence-electron chi connectivity index (χ3n) is 4.56. The zero-order valence-electron chi connectivity index (χ0n) is 15.7. The molecule has 0 atom stereocenters. The second kappa shape index (κ2) is 8.32. The molecule has 4 nitrogen and oxygen atoms in total. The highest BCUT2D eigenvalue weighted by Gasteiger charge is 2.10. The fourth-order valence-electron chi connectivity index (χ4n) is 2.95. The molecule has 6 heteroatoms. The van der Waals surface area contributed by atoms with Crippen LogP contribution in [0.2, 0.25) is 0 Å². The molecular weight excluding hydrogens is 385 g/mol. The quantitative estimate of drug-likeness (QED) is 0.479. The van der Waals surface area contributed by atoms with Gasteiger partial charge in [0.25, 0.3) is 5.91 Å². The Morgan fingerprint density at radius 3 is 2.72 bits per heavy atom. The van der Waals surface area contributed by atoms with Crippen molar-refractivity contribution in [3.05, 3.63) is 99.9 Å². The number of nitrogens with one attached hydrogen (secondary N) is 1. The van der Waals surface area contributed by atoms with Gasteiger partial charge in [-0.25, -0.2) is 9.37 Å². The van der Waals surface area contributed by atoms with E-state index < -0.39 is 0 Å². The van der Waals surface area contributed by atoms with E-state index in [4.69, 9.17) is 4.98 Å². The van der Waals surface area contributed by atoms with Gasteiger partial charge in [0.1, 0.15) is 5.82 Å². The molecule has 0 unspecified atom stereocenters. The van der Waals surface area contributed by atoms with Crippen molar-refractivity contribution in [2.75, 3.05) is 5.32 Å². The molecule has 0 saturated carbocycles. The van der Waals surface area contributed by atoms with Crippen LogP contribution in [0.15, 0.2) is 72.4 Å². The Morgan fingerprint density at radius 1 is 1.14 bits per heavy atom. The number of pyridine rings is 1. The molecule has 0 bridgehead atoms. The molecule has 1 amide bonds. The van der Waals surface area contributed by atoms with Crippen LogP contribution in [0.3, 0.4) is 0 Å². The lowest BCUT2D eigenvalue weighted by atomic mass is 10.0. The first-order valence-corrected chi connectivity index (χ1v) is 9.98. The van der Waals surface area contributed by atoms with E-state index in [2.05, 4.69) is 10.3 Å². The fourth-order valence-corrected chi connectivity index (χ4v) is 3.77. The van der Waals surface area contributed by atoms with Crippen LogP contribution in [0.1, 0.15) is 26.5 Å². The number of carbonyl (C=O) groups is 1. The molecule has 29 heavy (non-hydrogen) atoms.